The number of hydrogen-bond acceptors (Lipinski definition) is 5. The summed E-state index contributed by atoms with van der Waals surface area (Å²) in [6.07, 6.45) is 0. The van der Waals surface area contributed by atoms with E-state index in [0.717, 1.165) is 37.9 Å². The van der Waals surface area contributed by atoms with Crippen LogP contribution >= 0.6 is 39.5 Å². The van der Waals surface area contributed by atoms with E-state index in [1.165, 1.54) is 16.7 Å². The van der Waals surface area contributed by atoms with Gasteiger partial charge in [0.15, 0.2) is 5.17 Å². The summed E-state index contributed by atoms with van der Waals surface area (Å²) in [4.78, 5) is 24.5. The fourth-order valence-corrected chi connectivity index (χ4v) is 6.32. The topological polar surface area (TPSA) is 35.9 Å². The minimum atomic E-state index is 0.00321. The minimum Gasteiger partial charge on any atom is -0.334 e. The second-order valence-electron chi connectivity index (χ2n) is 7.30. The summed E-state index contributed by atoms with van der Waals surface area (Å²) < 4.78 is 0.999. The van der Waals surface area contributed by atoms with Crippen LogP contribution in [0, 0.1) is 0 Å². The zero-order valence-corrected chi connectivity index (χ0v) is 20.6. The average molecular weight is 522 g/mol. The summed E-state index contributed by atoms with van der Waals surface area (Å²) in [6, 6.07) is 26.2. The summed E-state index contributed by atoms with van der Waals surface area (Å²) in [7, 11) is 0. The number of halogens is 1. The van der Waals surface area contributed by atoms with Crippen molar-refractivity contribution in [2.24, 2.45) is 4.99 Å². The first-order valence-electron chi connectivity index (χ1n) is 10.3. The van der Waals surface area contributed by atoms with Crippen molar-refractivity contribution >= 4 is 61.9 Å². The Balaban J connectivity index is 1.56. The standard InChI is InChI=1S/C25H20BrN3OS2/c1-2-28-20-10-6-7-11-21(20)31-24(28)22-23(30)29(16-17-8-4-3-5-9-17)25(32-22)27-19-14-12-18(26)13-15-19/h3-15H,2,16H2,1H3. The van der Waals surface area contributed by atoms with Crippen molar-refractivity contribution in [1.82, 2.24) is 4.90 Å². The number of benzene rings is 3. The third-order valence-corrected chi connectivity index (χ3v) is 8.12. The van der Waals surface area contributed by atoms with Gasteiger partial charge in [0.25, 0.3) is 5.91 Å². The van der Waals surface area contributed by atoms with E-state index in [-0.39, 0.29) is 5.91 Å². The van der Waals surface area contributed by atoms with Gasteiger partial charge in [-0.05, 0) is 60.6 Å². The Morgan fingerprint density at radius 1 is 0.875 bits per heavy atom. The van der Waals surface area contributed by atoms with Crippen molar-refractivity contribution in [2.45, 2.75) is 18.4 Å². The first kappa shape index (κ1) is 21.4. The van der Waals surface area contributed by atoms with Crippen molar-refractivity contribution in [2.75, 3.05) is 11.4 Å². The molecule has 0 aromatic heterocycles. The van der Waals surface area contributed by atoms with Crippen molar-refractivity contribution in [1.29, 1.82) is 0 Å². The van der Waals surface area contributed by atoms with E-state index in [1.807, 2.05) is 66.7 Å². The van der Waals surface area contributed by atoms with Gasteiger partial charge in [-0.25, -0.2) is 4.99 Å². The van der Waals surface area contributed by atoms with Crippen LogP contribution in [-0.2, 0) is 11.3 Å². The van der Waals surface area contributed by atoms with Crippen molar-refractivity contribution in [3.8, 4) is 0 Å². The molecule has 0 spiro atoms. The lowest BCUT2D eigenvalue weighted by molar-refractivity contribution is -0.122. The van der Waals surface area contributed by atoms with Crippen LogP contribution in [0.25, 0.3) is 0 Å². The smallest absolute Gasteiger partial charge is 0.269 e. The molecule has 7 heteroatoms. The number of amidine groups is 1. The largest absolute Gasteiger partial charge is 0.334 e. The van der Waals surface area contributed by atoms with E-state index in [9.17, 15) is 4.79 Å². The Morgan fingerprint density at radius 2 is 1.59 bits per heavy atom. The van der Waals surface area contributed by atoms with Gasteiger partial charge in [0.1, 0.15) is 9.93 Å². The highest BCUT2D eigenvalue weighted by molar-refractivity contribution is 9.10. The molecule has 2 aliphatic heterocycles. The number of carbonyl (C=O) groups excluding carboxylic acids is 1. The predicted octanol–water partition coefficient (Wildman–Crippen LogP) is 7.01. The van der Waals surface area contributed by atoms with Gasteiger partial charge in [-0.3, -0.25) is 9.69 Å². The monoisotopic (exact) mass is 521 g/mol. The van der Waals surface area contributed by atoms with Crippen LogP contribution in [0.3, 0.4) is 0 Å². The van der Waals surface area contributed by atoms with Gasteiger partial charge < -0.3 is 4.90 Å². The number of nitrogens with zero attached hydrogens (tertiary/aromatic N) is 3. The maximum Gasteiger partial charge on any atom is 0.269 e. The Hall–Kier alpha value is -2.48. The van der Waals surface area contributed by atoms with Crippen LogP contribution in [0.1, 0.15) is 12.5 Å². The molecule has 0 atom stereocenters. The number of amides is 1. The summed E-state index contributed by atoms with van der Waals surface area (Å²) in [5.74, 6) is 0.00321. The molecule has 0 unspecified atom stereocenters. The van der Waals surface area contributed by atoms with E-state index in [1.54, 1.807) is 16.7 Å². The van der Waals surface area contributed by atoms with Gasteiger partial charge in [-0.15, -0.1) is 0 Å². The number of carbonyl (C=O) groups is 1. The molecule has 4 nitrogen and oxygen atoms in total. The lowest BCUT2D eigenvalue weighted by Gasteiger charge is -2.19. The zero-order valence-electron chi connectivity index (χ0n) is 17.4. The molecule has 0 aliphatic carbocycles. The molecule has 2 aliphatic rings. The van der Waals surface area contributed by atoms with Gasteiger partial charge in [0.2, 0.25) is 0 Å². The highest BCUT2D eigenvalue weighted by Gasteiger charge is 2.39. The lowest BCUT2D eigenvalue weighted by Crippen LogP contribution is -2.29. The van der Waals surface area contributed by atoms with E-state index >= 15 is 0 Å². The molecule has 32 heavy (non-hydrogen) atoms. The van der Waals surface area contributed by atoms with Gasteiger partial charge in [0.05, 0.1) is 17.9 Å². The summed E-state index contributed by atoms with van der Waals surface area (Å²) >= 11 is 6.60. The lowest BCUT2D eigenvalue weighted by atomic mass is 10.2. The fourth-order valence-electron chi connectivity index (χ4n) is 3.67. The highest BCUT2D eigenvalue weighted by Crippen LogP contribution is 2.50. The predicted molar refractivity (Wildman–Crippen MR) is 138 cm³/mol. The van der Waals surface area contributed by atoms with Gasteiger partial charge in [-0.2, -0.15) is 0 Å². The molecule has 3 aromatic rings. The molecule has 1 amide bonds. The Labute approximate surface area is 204 Å². The van der Waals surface area contributed by atoms with Crippen LogP contribution in [0.5, 0.6) is 0 Å². The van der Waals surface area contributed by atoms with Crippen molar-refractivity contribution < 1.29 is 4.79 Å². The number of anilines is 1. The normalized spacial score (nSPS) is 19.2. The van der Waals surface area contributed by atoms with Crippen LogP contribution < -0.4 is 4.90 Å². The molecule has 0 bridgehead atoms. The number of para-hydroxylation sites is 1. The Kier molecular flexibility index (Phi) is 6.13. The van der Waals surface area contributed by atoms with Gasteiger partial charge in [0, 0.05) is 15.9 Å². The maximum atomic E-state index is 13.7. The highest BCUT2D eigenvalue weighted by atomic mass is 79.9. The number of hydrogen-bond donors (Lipinski definition) is 0. The second kappa shape index (κ2) is 9.17. The van der Waals surface area contributed by atoms with Crippen LogP contribution in [0.2, 0.25) is 0 Å². The molecule has 0 radical (unpaired) electrons. The molecular formula is C25H20BrN3OS2. The van der Waals surface area contributed by atoms with Crippen molar-refractivity contribution in [3.63, 3.8) is 0 Å². The summed E-state index contributed by atoms with van der Waals surface area (Å²) in [6.45, 7) is 3.41. The molecule has 1 fully saturated rings. The number of rotatable bonds is 4. The van der Waals surface area contributed by atoms with Crippen LogP contribution in [-0.4, -0.2) is 22.5 Å². The first-order valence-corrected chi connectivity index (χ1v) is 12.7. The fraction of sp³-hybridized carbons (Fsp3) is 0.120. The molecule has 0 N–H and O–H groups in total. The molecule has 0 saturated carbocycles. The minimum absolute atomic E-state index is 0.00321. The molecule has 2 heterocycles. The molecule has 3 aromatic carbocycles. The van der Waals surface area contributed by atoms with Crippen LogP contribution in [0.15, 0.2) is 103 Å². The number of aliphatic imine (C=N–C) groups is 1. The maximum absolute atomic E-state index is 13.7. The number of fused-ring (bicyclic) bond motifs is 1. The Morgan fingerprint density at radius 3 is 2.34 bits per heavy atom. The SMILES string of the molecule is CCN1C(=C2SC(=Nc3ccc(Br)cc3)N(Cc3ccccc3)C2=O)Sc2ccccc21. The molecule has 5 rings (SSSR count). The third-order valence-electron chi connectivity index (χ3n) is 5.22. The number of thioether (sulfide) groups is 2. The van der Waals surface area contributed by atoms with Crippen molar-refractivity contribution in [3.05, 3.63) is 98.8 Å². The first-order chi connectivity index (χ1) is 15.6. The summed E-state index contributed by atoms with van der Waals surface area (Å²) in [5.41, 5.74) is 3.05. The van der Waals surface area contributed by atoms with E-state index < -0.39 is 0 Å². The molecule has 1 saturated heterocycles. The van der Waals surface area contributed by atoms with E-state index in [4.69, 9.17) is 4.99 Å². The zero-order chi connectivity index (χ0) is 22.1. The van der Waals surface area contributed by atoms with Gasteiger partial charge >= 0.3 is 0 Å². The van der Waals surface area contributed by atoms with Crippen LogP contribution in [0.4, 0.5) is 11.4 Å². The van der Waals surface area contributed by atoms with E-state index in [2.05, 4.69) is 39.9 Å². The molecule has 160 valence electrons. The summed E-state index contributed by atoms with van der Waals surface area (Å²) in [5, 5.41) is 1.69. The quantitative estimate of drug-likeness (QED) is 0.345. The second-order valence-corrected chi connectivity index (χ2v) is 10.2. The van der Waals surface area contributed by atoms with Gasteiger partial charge in [-0.1, -0.05) is 70.2 Å². The van der Waals surface area contributed by atoms with E-state index in [0.29, 0.717) is 11.7 Å². The Bertz CT molecular complexity index is 1230. The molecular weight excluding hydrogens is 502 g/mol. The third kappa shape index (κ3) is 4.12. The average Bonchev–Trinajstić information content (AvgIpc) is 3.33.